The lowest BCUT2D eigenvalue weighted by Gasteiger charge is -2.46. The summed E-state index contributed by atoms with van der Waals surface area (Å²) in [6.07, 6.45) is -3.82. The van der Waals surface area contributed by atoms with E-state index in [2.05, 4.69) is 9.88 Å². The smallest absolute Gasteiger partial charge is 0.365 e. The summed E-state index contributed by atoms with van der Waals surface area (Å²) in [5, 5.41) is 0.687. The molecule has 0 N–H and O–H groups in total. The number of hydrogen-bond donors (Lipinski definition) is 0. The predicted molar refractivity (Wildman–Crippen MR) is 145 cm³/mol. The number of nitrogens with zero attached hydrogens (tertiary/aromatic N) is 3. The highest BCUT2D eigenvalue weighted by Crippen LogP contribution is 2.30. The zero-order chi connectivity index (χ0) is 28.5. The van der Waals surface area contributed by atoms with Gasteiger partial charge in [0.2, 0.25) is 0 Å². The maximum Gasteiger partial charge on any atom is 0.433 e. The Morgan fingerprint density at radius 3 is 2.33 bits per heavy atom. The third-order valence-corrected chi connectivity index (χ3v) is 8.76. The average molecular weight is 598 g/mol. The predicted octanol–water partition coefficient (Wildman–Crippen LogP) is 6.14. The monoisotopic (exact) mass is 597 g/mol. The van der Waals surface area contributed by atoms with Gasteiger partial charge in [0.1, 0.15) is 5.69 Å². The Hall–Kier alpha value is -2.95. The molecule has 1 aromatic heterocycles. The molecule has 2 aromatic carbocycles. The average Bonchev–Trinajstić information content (AvgIpc) is 2.89. The molecule has 39 heavy (non-hydrogen) atoms. The van der Waals surface area contributed by atoms with Gasteiger partial charge in [-0.3, -0.25) is 18.8 Å². The van der Waals surface area contributed by atoms with Gasteiger partial charge in [-0.2, -0.15) is 13.2 Å². The number of aromatic nitrogens is 1. The first-order valence-electron chi connectivity index (χ1n) is 11.9. The minimum Gasteiger partial charge on any atom is -0.365 e. The number of pyridine rings is 1. The molecule has 0 saturated carbocycles. The van der Waals surface area contributed by atoms with Crippen molar-refractivity contribution in [1.29, 1.82) is 0 Å². The van der Waals surface area contributed by atoms with Crippen molar-refractivity contribution in [3.8, 4) is 0 Å². The normalized spacial score (nSPS) is 18.6. The second-order valence-corrected chi connectivity index (χ2v) is 11.4. The Morgan fingerprint density at radius 1 is 1.00 bits per heavy atom. The van der Waals surface area contributed by atoms with Crippen LogP contribution in [0.5, 0.6) is 0 Å². The highest BCUT2D eigenvalue weighted by atomic mass is 35.5. The number of carbonyl (C=O) groups excluding carboxylic acids is 2. The molecule has 6 nitrogen and oxygen atoms in total. The molecular weight excluding hydrogens is 574 g/mol. The molecule has 0 radical (unpaired) electrons. The van der Waals surface area contributed by atoms with Crippen LogP contribution < -0.4 is 4.90 Å². The van der Waals surface area contributed by atoms with Gasteiger partial charge in [-0.25, -0.2) is 0 Å². The maximum atomic E-state index is 13.4. The van der Waals surface area contributed by atoms with Crippen LogP contribution in [0.4, 0.5) is 18.9 Å². The molecule has 3 unspecified atom stereocenters. The molecule has 12 heteroatoms. The van der Waals surface area contributed by atoms with Crippen LogP contribution in [0.3, 0.4) is 0 Å². The van der Waals surface area contributed by atoms with Crippen molar-refractivity contribution in [2.75, 3.05) is 23.7 Å². The molecule has 0 bridgehead atoms. The van der Waals surface area contributed by atoms with Crippen molar-refractivity contribution < 1.29 is 27.0 Å². The highest BCUT2D eigenvalue weighted by molar-refractivity contribution is 7.86. The van der Waals surface area contributed by atoms with Crippen molar-refractivity contribution >= 4 is 51.4 Å². The molecule has 3 atom stereocenters. The molecule has 1 fully saturated rings. The molecule has 1 aliphatic rings. The van der Waals surface area contributed by atoms with E-state index >= 15 is 0 Å². The lowest BCUT2D eigenvalue weighted by molar-refractivity contribution is -0.141. The fraction of sp³-hybridized carbons (Fsp3) is 0.296. The number of halogens is 5. The van der Waals surface area contributed by atoms with Crippen LogP contribution in [0.25, 0.3) is 0 Å². The summed E-state index contributed by atoms with van der Waals surface area (Å²) < 4.78 is 50.9. The minimum absolute atomic E-state index is 0.00844. The Kier molecular flexibility index (Phi) is 8.68. The first-order chi connectivity index (χ1) is 18.4. The number of piperazine rings is 1. The summed E-state index contributed by atoms with van der Waals surface area (Å²) in [5.74, 6) is -1.38. The van der Waals surface area contributed by atoms with Gasteiger partial charge in [0.15, 0.2) is 5.78 Å². The van der Waals surface area contributed by atoms with Crippen LogP contribution in [0, 0.1) is 0 Å². The molecule has 1 aliphatic heterocycles. The first kappa shape index (κ1) is 29.0. The van der Waals surface area contributed by atoms with Crippen LogP contribution in [-0.2, 0) is 17.0 Å². The van der Waals surface area contributed by atoms with Gasteiger partial charge >= 0.3 is 6.18 Å². The number of ketones is 1. The van der Waals surface area contributed by atoms with Crippen LogP contribution in [0.1, 0.15) is 40.3 Å². The van der Waals surface area contributed by atoms with E-state index < -0.39 is 34.2 Å². The maximum absolute atomic E-state index is 13.4. The number of rotatable bonds is 6. The topological polar surface area (TPSA) is 70.6 Å². The van der Waals surface area contributed by atoms with Crippen molar-refractivity contribution in [2.45, 2.75) is 37.0 Å². The third kappa shape index (κ3) is 6.45. The second-order valence-electron chi connectivity index (χ2n) is 9.14. The van der Waals surface area contributed by atoms with Crippen molar-refractivity contribution in [3.63, 3.8) is 0 Å². The summed E-state index contributed by atoms with van der Waals surface area (Å²) in [5.41, 5.74) is 0.0667. The standard InChI is InChI=1S/C27H24Cl2F3N3O3S/c1-16-17(2)35(11-10-34(16)21-5-3-4-20(28)13-21)26(37)18-6-8-24(22(29)12-18)39(38)15-23(36)19-7-9-25(33-14-19)27(30,31)32/h3-9,12-14,16-17H,10-11,15H2,1-2H3. The van der Waals surface area contributed by atoms with Gasteiger partial charge in [0.25, 0.3) is 5.91 Å². The lowest BCUT2D eigenvalue weighted by atomic mass is 10.0. The van der Waals surface area contributed by atoms with E-state index in [-0.39, 0.29) is 33.5 Å². The molecule has 1 amide bonds. The number of hydrogen-bond acceptors (Lipinski definition) is 5. The number of alkyl halides is 3. The molecule has 0 spiro atoms. The zero-order valence-corrected chi connectivity index (χ0v) is 23.2. The van der Waals surface area contributed by atoms with Gasteiger partial charge < -0.3 is 9.80 Å². The molecule has 2 heterocycles. The van der Waals surface area contributed by atoms with Gasteiger partial charge in [0.05, 0.1) is 26.5 Å². The number of anilines is 1. The van der Waals surface area contributed by atoms with E-state index in [1.54, 1.807) is 11.0 Å². The Balaban J connectivity index is 1.43. The summed E-state index contributed by atoms with van der Waals surface area (Å²) in [6, 6.07) is 13.5. The Morgan fingerprint density at radius 2 is 1.72 bits per heavy atom. The number of amides is 1. The fourth-order valence-electron chi connectivity index (χ4n) is 4.44. The SMILES string of the molecule is CC1C(C)N(c2cccc(Cl)c2)CCN1C(=O)c1ccc(S(=O)CC(=O)c2ccc(C(F)(F)F)nc2)c(Cl)c1. The fourth-order valence-corrected chi connectivity index (χ4v) is 6.12. The van der Waals surface area contributed by atoms with Crippen molar-refractivity contribution in [2.24, 2.45) is 0 Å². The quantitative estimate of drug-likeness (QED) is 0.319. The number of Topliss-reactive ketones (excluding diaryl/α,β-unsaturated/α-hetero) is 1. The minimum atomic E-state index is -4.63. The highest BCUT2D eigenvalue weighted by Gasteiger charge is 2.35. The Labute approximate surface area is 236 Å². The van der Waals surface area contributed by atoms with Crippen LogP contribution in [0.2, 0.25) is 10.0 Å². The second kappa shape index (κ2) is 11.7. The van der Waals surface area contributed by atoms with Crippen LogP contribution in [0.15, 0.2) is 65.7 Å². The van der Waals surface area contributed by atoms with E-state index in [1.165, 1.54) is 18.2 Å². The Bertz CT molecular complexity index is 1420. The summed E-state index contributed by atoms with van der Waals surface area (Å²) >= 11 is 12.5. The van der Waals surface area contributed by atoms with E-state index in [0.717, 1.165) is 18.0 Å². The van der Waals surface area contributed by atoms with E-state index in [1.807, 2.05) is 32.0 Å². The lowest BCUT2D eigenvalue weighted by Crippen LogP contribution is -2.59. The summed E-state index contributed by atoms with van der Waals surface area (Å²) in [7, 11) is -1.89. The molecule has 206 valence electrons. The van der Waals surface area contributed by atoms with Gasteiger partial charge in [0, 0.05) is 53.2 Å². The molecule has 4 rings (SSSR count). The van der Waals surface area contributed by atoms with Gasteiger partial charge in [-0.05, 0) is 62.4 Å². The van der Waals surface area contributed by atoms with Crippen LogP contribution >= 0.6 is 23.2 Å². The molecule has 0 aliphatic carbocycles. The number of carbonyl (C=O) groups is 2. The van der Waals surface area contributed by atoms with Crippen molar-refractivity contribution in [3.05, 3.63) is 87.7 Å². The van der Waals surface area contributed by atoms with E-state index in [4.69, 9.17) is 23.2 Å². The number of benzene rings is 2. The third-order valence-electron chi connectivity index (χ3n) is 6.73. The van der Waals surface area contributed by atoms with Gasteiger partial charge in [-0.1, -0.05) is 29.3 Å². The largest absolute Gasteiger partial charge is 0.433 e. The first-order valence-corrected chi connectivity index (χ1v) is 14.0. The van der Waals surface area contributed by atoms with Gasteiger partial charge in [-0.15, -0.1) is 0 Å². The van der Waals surface area contributed by atoms with E-state index in [0.29, 0.717) is 29.7 Å². The summed E-state index contributed by atoms with van der Waals surface area (Å²) in [4.78, 5) is 33.2. The molecule has 1 saturated heterocycles. The molecular formula is C27H24Cl2F3N3O3S. The van der Waals surface area contributed by atoms with E-state index in [9.17, 15) is 27.0 Å². The van der Waals surface area contributed by atoms with Crippen LogP contribution in [-0.4, -0.2) is 56.7 Å². The van der Waals surface area contributed by atoms with Crippen molar-refractivity contribution in [1.82, 2.24) is 9.88 Å². The molecule has 3 aromatic rings. The zero-order valence-electron chi connectivity index (χ0n) is 20.9. The summed E-state index contributed by atoms with van der Waals surface area (Å²) in [6.45, 7) is 5.08.